The third-order valence-corrected chi connectivity index (χ3v) is 3.61. The highest BCUT2D eigenvalue weighted by Crippen LogP contribution is 2.26. The van der Waals surface area contributed by atoms with Gasteiger partial charge in [-0.25, -0.2) is 0 Å². The zero-order valence-electron chi connectivity index (χ0n) is 10.4. The van der Waals surface area contributed by atoms with Gasteiger partial charge in [0.2, 0.25) is 0 Å². The van der Waals surface area contributed by atoms with E-state index in [1.807, 2.05) is 18.2 Å². The molecule has 0 aromatic heterocycles. The Bertz CT molecular complexity index is 348. The molecule has 0 radical (unpaired) electrons. The molecule has 1 aromatic rings. The standard InChI is InChI=1S/C15H20O2/c1-12(14-7-9-15(16)10-8-14)17-11-13-5-3-2-4-6-13/h2-6,12,14H,7-11H2,1H3. The van der Waals surface area contributed by atoms with Gasteiger partial charge in [0.25, 0.3) is 0 Å². The molecule has 1 aromatic carbocycles. The average molecular weight is 232 g/mol. The van der Waals surface area contributed by atoms with Gasteiger partial charge in [0.15, 0.2) is 0 Å². The lowest BCUT2D eigenvalue weighted by Crippen LogP contribution is -2.25. The Morgan fingerprint density at radius 2 is 1.88 bits per heavy atom. The molecule has 1 fully saturated rings. The summed E-state index contributed by atoms with van der Waals surface area (Å²) in [5.74, 6) is 0.966. The summed E-state index contributed by atoms with van der Waals surface area (Å²) in [6.45, 7) is 2.80. The molecule has 1 aliphatic rings. The van der Waals surface area contributed by atoms with Crippen molar-refractivity contribution in [1.29, 1.82) is 0 Å². The third-order valence-electron chi connectivity index (χ3n) is 3.61. The molecule has 0 spiro atoms. The predicted molar refractivity (Wildman–Crippen MR) is 67.7 cm³/mol. The fraction of sp³-hybridized carbons (Fsp3) is 0.533. The van der Waals surface area contributed by atoms with E-state index in [1.165, 1.54) is 5.56 Å². The molecule has 17 heavy (non-hydrogen) atoms. The van der Waals surface area contributed by atoms with E-state index < -0.39 is 0 Å². The number of ketones is 1. The summed E-state index contributed by atoms with van der Waals surface area (Å²) in [5, 5.41) is 0. The monoisotopic (exact) mass is 232 g/mol. The van der Waals surface area contributed by atoms with E-state index in [4.69, 9.17) is 4.74 Å². The Hall–Kier alpha value is -1.15. The molecule has 2 rings (SSSR count). The Labute approximate surface area is 103 Å². The first-order valence-electron chi connectivity index (χ1n) is 6.43. The number of Topliss-reactive ketones (excluding diaryl/α,β-unsaturated/α-hetero) is 1. The molecule has 1 aliphatic carbocycles. The van der Waals surface area contributed by atoms with E-state index in [9.17, 15) is 4.79 Å². The zero-order valence-corrected chi connectivity index (χ0v) is 10.4. The van der Waals surface area contributed by atoms with Crippen LogP contribution in [0.15, 0.2) is 30.3 Å². The molecule has 92 valence electrons. The SMILES string of the molecule is CC(OCc1ccccc1)C1CCC(=O)CC1. The molecule has 1 saturated carbocycles. The van der Waals surface area contributed by atoms with E-state index in [0.717, 1.165) is 25.7 Å². The normalized spacial score (nSPS) is 19.2. The summed E-state index contributed by atoms with van der Waals surface area (Å²) in [6, 6.07) is 10.2. The second kappa shape index (κ2) is 5.97. The lowest BCUT2D eigenvalue weighted by molar-refractivity contribution is -0.122. The second-order valence-corrected chi connectivity index (χ2v) is 4.88. The molecule has 0 aliphatic heterocycles. The number of rotatable bonds is 4. The third kappa shape index (κ3) is 3.67. The molecule has 2 nitrogen and oxygen atoms in total. The quantitative estimate of drug-likeness (QED) is 0.795. The van der Waals surface area contributed by atoms with Gasteiger partial charge in [0.05, 0.1) is 12.7 Å². The van der Waals surface area contributed by atoms with Gasteiger partial charge in [0, 0.05) is 12.8 Å². The number of benzene rings is 1. The first-order chi connectivity index (χ1) is 8.25. The molecule has 1 unspecified atom stereocenters. The summed E-state index contributed by atoms with van der Waals surface area (Å²) in [4.78, 5) is 11.2. The lowest BCUT2D eigenvalue weighted by atomic mass is 9.85. The Balaban J connectivity index is 1.77. The number of hydrogen-bond donors (Lipinski definition) is 0. The first kappa shape index (κ1) is 12.3. The summed E-state index contributed by atoms with van der Waals surface area (Å²) in [5.41, 5.74) is 1.21. The van der Waals surface area contributed by atoms with E-state index >= 15 is 0 Å². The fourth-order valence-corrected chi connectivity index (χ4v) is 2.37. The Morgan fingerprint density at radius 1 is 1.24 bits per heavy atom. The topological polar surface area (TPSA) is 26.3 Å². The molecule has 2 heteroatoms. The molecule has 0 heterocycles. The van der Waals surface area contributed by atoms with Crippen LogP contribution in [0, 0.1) is 5.92 Å². The highest BCUT2D eigenvalue weighted by atomic mass is 16.5. The van der Waals surface area contributed by atoms with Gasteiger partial charge in [0.1, 0.15) is 5.78 Å². The van der Waals surface area contributed by atoms with Crippen molar-refractivity contribution in [3.05, 3.63) is 35.9 Å². The predicted octanol–water partition coefficient (Wildman–Crippen LogP) is 3.35. The second-order valence-electron chi connectivity index (χ2n) is 4.88. The van der Waals surface area contributed by atoms with Gasteiger partial charge in [-0.05, 0) is 31.2 Å². The first-order valence-corrected chi connectivity index (χ1v) is 6.43. The number of carbonyl (C=O) groups is 1. The number of carbonyl (C=O) groups excluding carboxylic acids is 1. The van der Waals surface area contributed by atoms with Gasteiger partial charge in [-0.2, -0.15) is 0 Å². The fourth-order valence-electron chi connectivity index (χ4n) is 2.37. The van der Waals surface area contributed by atoms with Crippen LogP contribution in [-0.4, -0.2) is 11.9 Å². The van der Waals surface area contributed by atoms with Gasteiger partial charge < -0.3 is 4.74 Å². The summed E-state index contributed by atoms with van der Waals surface area (Å²) in [6.07, 6.45) is 3.72. The molecule has 0 N–H and O–H groups in total. The minimum Gasteiger partial charge on any atom is -0.374 e. The minimum absolute atomic E-state index is 0.253. The largest absolute Gasteiger partial charge is 0.374 e. The summed E-state index contributed by atoms with van der Waals surface area (Å²) in [7, 11) is 0. The number of ether oxygens (including phenoxy) is 1. The van der Waals surface area contributed by atoms with Crippen molar-refractivity contribution in [1.82, 2.24) is 0 Å². The van der Waals surface area contributed by atoms with Crippen molar-refractivity contribution >= 4 is 5.78 Å². The molecule has 1 atom stereocenters. The Kier molecular flexibility index (Phi) is 4.32. The average Bonchev–Trinajstić information content (AvgIpc) is 2.38. The van der Waals surface area contributed by atoms with Crippen LogP contribution in [0.4, 0.5) is 0 Å². The molecule has 0 saturated heterocycles. The van der Waals surface area contributed by atoms with Crippen LogP contribution in [0.5, 0.6) is 0 Å². The summed E-state index contributed by atoms with van der Waals surface area (Å²) >= 11 is 0. The van der Waals surface area contributed by atoms with E-state index in [2.05, 4.69) is 19.1 Å². The maximum absolute atomic E-state index is 11.2. The lowest BCUT2D eigenvalue weighted by Gasteiger charge is -2.27. The number of hydrogen-bond acceptors (Lipinski definition) is 2. The highest BCUT2D eigenvalue weighted by Gasteiger charge is 2.24. The van der Waals surface area contributed by atoms with E-state index in [0.29, 0.717) is 18.3 Å². The van der Waals surface area contributed by atoms with Crippen molar-refractivity contribution in [2.75, 3.05) is 0 Å². The van der Waals surface area contributed by atoms with Crippen LogP contribution in [0.2, 0.25) is 0 Å². The van der Waals surface area contributed by atoms with Crippen molar-refractivity contribution in [3.8, 4) is 0 Å². The van der Waals surface area contributed by atoms with Crippen molar-refractivity contribution in [2.45, 2.75) is 45.3 Å². The van der Waals surface area contributed by atoms with Crippen LogP contribution >= 0.6 is 0 Å². The van der Waals surface area contributed by atoms with Gasteiger partial charge >= 0.3 is 0 Å². The van der Waals surface area contributed by atoms with Gasteiger partial charge in [-0.3, -0.25) is 4.79 Å². The van der Waals surface area contributed by atoms with Gasteiger partial charge in [-0.1, -0.05) is 30.3 Å². The van der Waals surface area contributed by atoms with Crippen LogP contribution < -0.4 is 0 Å². The molecular weight excluding hydrogens is 212 g/mol. The molecular formula is C15H20O2. The van der Waals surface area contributed by atoms with Crippen LogP contribution in [0.25, 0.3) is 0 Å². The smallest absolute Gasteiger partial charge is 0.132 e. The van der Waals surface area contributed by atoms with E-state index in [1.54, 1.807) is 0 Å². The minimum atomic E-state index is 0.253. The van der Waals surface area contributed by atoms with Crippen molar-refractivity contribution in [3.63, 3.8) is 0 Å². The highest BCUT2D eigenvalue weighted by molar-refractivity contribution is 5.79. The molecule has 0 bridgehead atoms. The van der Waals surface area contributed by atoms with Gasteiger partial charge in [-0.15, -0.1) is 0 Å². The van der Waals surface area contributed by atoms with Crippen LogP contribution in [0.1, 0.15) is 38.2 Å². The van der Waals surface area contributed by atoms with Crippen LogP contribution in [0.3, 0.4) is 0 Å². The Morgan fingerprint density at radius 3 is 2.53 bits per heavy atom. The van der Waals surface area contributed by atoms with Crippen LogP contribution in [-0.2, 0) is 16.1 Å². The molecule has 0 amide bonds. The zero-order chi connectivity index (χ0) is 12.1. The maximum Gasteiger partial charge on any atom is 0.132 e. The maximum atomic E-state index is 11.2. The van der Waals surface area contributed by atoms with E-state index in [-0.39, 0.29) is 6.10 Å². The summed E-state index contributed by atoms with van der Waals surface area (Å²) < 4.78 is 5.89. The van der Waals surface area contributed by atoms with Crippen molar-refractivity contribution < 1.29 is 9.53 Å². The van der Waals surface area contributed by atoms with Crippen molar-refractivity contribution in [2.24, 2.45) is 5.92 Å².